The van der Waals surface area contributed by atoms with Gasteiger partial charge in [0, 0.05) is 29.6 Å². The molecule has 6 nitrogen and oxygen atoms in total. The molecular formula is C24H33N3O3. The number of carbonyl (C=O) groups excluding carboxylic acids is 2. The summed E-state index contributed by atoms with van der Waals surface area (Å²) in [6.07, 6.45) is -0.253. The third kappa shape index (κ3) is 7.43. The second kappa shape index (κ2) is 10.1. The van der Waals surface area contributed by atoms with Crippen LogP contribution in [0.5, 0.6) is 0 Å². The molecule has 2 aromatic rings. The van der Waals surface area contributed by atoms with Crippen molar-refractivity contribution < 1.29 is 14.3 Å². The zero-order chi connectivity index (χ0) is 22.3. The summed E-state index contributed by atoms with van der Waals surface area (Å²) in [6.45, 7) is 12.8. The average Bonchev–Trinajstić information content (AvgIpc) is 2.63. The molecule has 0 saturated carbocycles. The number of amides is 2. The van der Waals surface area contributed by atoms with Crippen molar-refractivity contribution in [1.82, 2.24) is 0 Å². The van der Waals surface area contributed by atoms with Crippen LogP contribution in [0.1, 0.15) is 47.1 Å². The number of benzene rings is 2. The van der Waals surface area contributed by atoms with E-state index in [2.05, 4.69) is 36.3 Å². The van der Waals surface area contributed by atoms with Crippen molar-refractivity contribution in [2.24, 2.45) is 0 Å². The van der Waals surface area contributed by atoms with Crippen molar-refractivity contribution in [3.8, 4) is 0 Å². The van der Waals surface area contributed by atoms with Gasteiger partial charge >= 0.3 is 6.09 Å². The van der Waals surface area contributed by atoms with Gasteiger partial charge in [-0.3, -0.25) is 10.1 Å². The lowest BCUT2D eigenvalue weighted by Crippen LogP contribution is -2.30. The molecule has 0 aliphatic rings. The smallest absolute Gasteiger partial charge is 0.412 e. The molecule has 162 valence electrons. The molecule has 0 saturated heterocycles. The molecule has 0 unspecified atom stereocenters. The summed E-state index contributed by atoms with van der Waals surface area (Å²) < 4.78 is 5.23. The Morgan fingerprint density at radius 1 is 0.933 bits per heavy atom. The molecule has 0 aliphatic carbocycles. The highest BCUT2D eigenvalue weighted by atomic mass is 16.6. The molecule has 0 atom stereocenters. The Morgan fingerprint density at radius 3 is 1.97 bits per heavy atom. The lowest BCUT2D eigenvalue weighted by Gasteiger charge is -2.27. The second-order valence-corrected chi connectivity index (χ2v) is 8.48. The summed E-state index contributed by atoms with van der Waals surface area (Å²) in [5, 5.41) is 5.61. The van der Waals surface area contributed by atoms with E-state index in [0.29, 0.717) is 11.7 Å². The fraction of sp³-hybridized carbons (Fsp3) is 0.417. The van der Waals surface area contributed by atoms with Crippen LogP contribution in [0.3, 0.4) is 0 Å². The lowest BCUT2D eigenvalue weighted by atomic mass is 10.1. The van der Waals surface area contributed by atoms with Gasteiger partial charge in [0.15, 0.2) is 0 Å². The first-order valence-corrected chi connectivity index (χ1v) is 10.3. The van der Waals surface area contributed by atoms with E-state index in [9.17, 15) is 9.59 Å². The van der Waals surface area contributed by atoms with Crippen LogP contribution in [0.15, 0.2) is 48.5 Å². The number of hydrogen-bond donors (Lipinski definition) is 2. The van der Waals surface area contributed by atoms with E-state index in [-0.39, 0.29) is 12.3 Å². The summed E-state index contributed by atoms with van der Waals surface area (Å²) in [5.41, 5.74) is 2.83. The number of ether oxygens (including phenoxy) is 1. The van der Waals surface area contributed by atoms with Gasteiger partial charge in [-0.15, -0.1) is 0 Å². The number of carbonyl (C=O) groups is 2. The van der Waals surface area contributed by atoms with Gasteiger partial charge in [-0.25, -0.2) is 4.79 Å². The van der Waals surface area contributed by atoms with E-state index in [1.165, 1.54) is 0 Å². The predicted octanol–water partition coefficient (Wildman–Crippen LogP) is 5.45. The molecule has 2 rings (SSSR count). The van der Waals surface area contributed by atoms with Crippen LogP contribution in [0.4, 0.5) is 21.9 Å². The minimum Gasteiger partial charge on any atom is -0.444 e. The van der Waals surface area contributed by atoms with Gasteiger partial charge in [0.2, 0.25) is 5.91 Å². The van der Waals surface area contributed by atoms with Gasteiger partial charge in [0.1, 0.15) is 5.60 Å². The molecule has 6 heteroatoms. The Hall–Kier alpha value is -3.02. The standard InChI is InChI=1S/C24H33N3O3/c1-7-27(17(2)3)21-14-12-19(13-15-21)25-22(28)16-18-8-10-20(11-9-18)26-23(29)30-24(4,5)6/h8-15,17H,7,16H2,1-6H3,(H,25,28)(H,26,29). The number of nitrogens with one attached hydrogen (secondary N) is 2. The molecular weight excluding hydrogens is 378 g/mol. The molecule has 2 amide bonds. The topological polar surface area (TPSA) is 70.7 Å². The van der Waals surface area contributed by atoms with Gasteiger partial charge in [-0.1, -0.05) is 12.1 Å². The molecule has 0 fully saturated rings. The van der Waals surface area contributed by atoms with Crippen LogP contribution < -0.4 is 15.5 Å². The minimum atomic E-state index is -0.552. The van der Waals surface area contributed by atoms with Crippen LogP contribution in [-0.2, 0) is 16.0 Å². The summed E-state index contributed by atoms with van der Waals surface area (Å²) in [6, 6.07) is 15.5. The molecule has 0 heterocycles. The van der Waals surface area contributed by atoms with Gasteiger partial charge in [-0.2, -0.15) is 0 Å². The number of hydrogen-bond acceptors (Lipinski definition) is 4. The maximum atomic E-state index is 12.4. The van der Waals surface area contributed by atoms with E-state index in [1.807, 2.05) is 57.2 Å². The van der Waals surface area contributed by atoms with Gasteiger partial charge in [-0.05, 0) is 83.5 Å². The van der Waals surface area contributed by atoms with Crippen molar-refractivity contribution in [2.45, 2.75) is 59.6 Å². The summed E-state index contributed by atoms with van der Waals surface area (Å²) in [4.78, 5) is 26.5. The van der Waals surface area contributed by atoms with Crippen molar-refractivity contribution in [3.05, 3.63) is 54.1 Å². The van der Waals surface area contributed by atoms with Crippen molar-refractivity contribution in [3.63, 3.8) is 0 Å². The fourth-order valence-corrected chi connectivity index (χ4v) is 3.10. The van der Waals surface area contributed by atoms with Gasteiger partial charge in [0.05, 0.1) is 6.42 Å². The third-order valence-electron chi connectivity index (χ3n) is 4.41. The third-order valence-corrected chi connectivity index (χ3v) is 4.41. The highest BCUT2D eigenvalue weighted by molar-refractivity contribution is 5.92. The molecule has 0 aromatic heterocycles. The van der Waals surface area contributed by atoms with Crippen LogP contribution in [-0.4, -0.2) is 30.2 Å². The van der Waals surface area contributed by atoms with Gasteiger partial charge in [0.25, 0.3) is 0 Å². The van der Waals surface area contributed by atoms with E-state index in [0.717, 1.165) is 23.5 Å². The quantitative estimate of drug-likeness (QED) is 0.636. The minimum absolute atomic E-state index is 0.0909. The Kier molecular flexibility index (Phi) is 7.86. The number of rotatable bonds is 7. The Balaban J connectivity index is 1.90. The fourth-order valence-electron chi connectivity index (χ4n) is 3.10. The first-order valence-electron chi connectivity index (χ1n) is 10.3. The van der Waals surface area contributed by atoms with E-state index >= 15 is 0 Å². The molecule has 2 aromatic carbocycles. The Labute approximate surface area is 179 Å². The molecule has 30 heavy (non-hydrogen) atoms. The number of anilines is 3. The first-order chi connectivity index (χ1) is 14.1. The molecule has 0 bridgehead atoms. The van der Waals surface area contributed by atoms with E-state index in [4.69, 9.17) is 4.74 Å². The summed E-state index contributed by atoms with van der Waals surface area (Å²) in [5.74, 6) is -0.0909. The highest BCUT2D eigenvalue weighted by Gasteiger charge is 2.16. The molecule has 0 spiro atoms. The molecule has 0 radical (unpaired) electrons. The van der Waals surface area contributed by atoms with Crippen LogP contribution in [0.2, 0.25) is 0 Å². The number of nitrogens with zero attached hydrogens (tertiary/aromatic N) is 1. The average molecular weight is 412 g/mol. The SMILES string of the molecule is CCN(c1ccc(NC(=O)Cc2ccc(NC(=O)OC(C)(C)C)cc2)cc1)C(C)C. The van der Waals surface area contributed by atoms with E-state index in [1.54, 1.807) is 12.1 Å². The molecule has 0 aliphatic heterocycles. The monoisotopic (exact) mass is 411 g/mol. The zero-order valence-electron chi connectivity index (χ0n) is 18.8. The Bertz CT molecular complexity index is 837. The van der Waals surface area contributed by atoms with E-state index < -0.39 is 11.7 Å². The highest BCUT2D eigenvalue weighted by Crippen LogP contribution is 2.20. The van der Waals surface area contributed by atoms with Crippen LogP contribution >= 0.6 is 0 Å². The largest absolute Gasteiger partial charge is 0.444 e. The van der Waals surface area contributed by atoms with Crippen molar-refractivity contribution in [2.75, 3.05) is 22.1 Å². The molecule has 2 N–H and O–H groups in total. The summed E-state index contributed by atoms with van der Waals surface area (Å²) >= 11 is 0. The predicted molar refractivity (Wildman–Crippen MR) is 123 cm³/mol. The van der Waals surface area contributed by atoms with Crippen molar-refractivity contribution >= 4 is 29.1 Å². The maximum absolute atomic E-state index is 12.4. The van der Waals surface area contributed by atoms with Gasteiger partial charge < -0.3 is 15.0 Å². The van der Waals surface area contributed by atoms with Crippen LogP contribution in [0, 0.1) is 0 Å². The zero-order valence-corrected chi connectivity index (χ0v) is 18.8. The second-order valence-electron chi connectivity index (χ2n) is 8.48. The summed E-state index contributed by atoms with van der Waals surface area (Å²) in [7, 11) is 0. The van der Waals surface area contributed by atoms with Crippen LogP contribution in [0.25, 0.3) is 0 Å². The maximum Gasteiger partial charge on any atom is 0.412 e. The Morgan fingerprint density at radius 2 is 1.47 bits per heavy atom. The first kappa shape index (κ1) is 23.3. The van der Waals surface area contributed by atoms with Crippen molar-refractivity contribution in [1.29, 1.82) is 0 Å². The normalized spacial score (nSPS) is 11.2. The lowest BCUT2D eigenvalue weighted by molar-refractivity contribution is -0.115.